The summed E-state index contributed by atoms with van der Waals surface area (Å²) in [7, 11) is 0. The Bertz CT molecular complexity index is 235. The molecule has 14 heavy (non-hydrogen) atoms. The first-order valence-electron chi connectivity index (χ1n) is 5.06. The Morgan fingerprint density at radius 3 is 3.00 bits per heavy atom. The first kappa shape index (κ1) is 11.1. The Labute approximate surface area is 86.0 Å². The van der Waals surface area contributed by atoms with Gasteiger partial charge >= 0.3 is 0 Å². The van der Waals surface area contributed by atoms with Gasteiger partial charge in [-0.2, -0.15) is 0 Å². The van der Waals surface area contributed by atoms with Crippen molar-refractivity contribution in [2.45, 2.75) is 38.4 Å². The second-order valence-electron chi connectivity index (χ2n) is 3.15. The highest BCUT2D eigenvalue weighted by atomic mass is 16.7. The summed E-state index contributed by atoms with van der Waals surface area (Å²) < 4.78 is 10.9. The van der Waals surface area contributed by atoms with Gasteiger partial charge in [-0.3, -0.25) is 0 Å². The van der Waals surface area contributed by atoms with Crippen molar-refractivity contribution in [2.24, 2.45) is 0 Å². The van der Waals surface area contributed by atoms with Crippen molar-refractivity contribution in [1.29, 1.82) is 0 Å². The van der Waals surface area contributed by atoms with Crippen LogP contribution in [-0.4, -0.2) is 19.5 Å². The molecule has 0 aromatic carbocycles. The molecule has 0 aromatic rings. The van der Waals surface area contributed by atoms with Crippen LogP contribution < -0.4 is 0 Å². The summed E-state index contributed by atoms with van der Waals surface area (Å²) in [6, 6.07) is 0. The third kappa shape index (κ3) is 4.92. The summed E-state index contributed by atoms with van der Waals surface area (Å²) in [5, 5.41) is 0. The molecule has 0 aliphatic carbocycles. The minimum atomic E-state index is -0.00168. The molecule has 76 valence electrons. The zero-order valence-electron chi connectivity index (χ0n) is 8.42. The van der Waals surface area contributed by atoms with Crippen LogP contribution in [0.15, 0.2) is 0 Å². The van der Waals surface area contributed by atoms with E-state index in [4.69, 9.17) is 15.9 Å². The number of hydrogen-bond donors (Lipinski definition) is 0. The topological polar surface area (TPSA) is 18.5 Å². The third-order valence-corrected chi connectivity index (χ3v) is 1.98. The lowest BCUT2D eigenvalue weighted by atomic mass is 10.2. The predicted octanol–water partition coefficient (Wildman–Crippen LogP) is 1.95. The maximum atomic E-state index is 5.49. The molecule has 1 unspecified atom stereocenters. The molecule has 0 bridgehead atoms. The van der Waals surface area contributed by atoms with E-state index in [0.717, 1.165) is 25.9 Å². The standard InChI is InChI=1S/C12H16O2/c1-2-3-4-5-7-10-13-12-9-6-8-11-14-12/h1,12H,3,6-11H2. The fourth-order valence-corrected chi connectivity index (χ4v) is 1.29. The molecule has 1 saturated heterocycles. The van der Waals surface area contributed by atoms with Gasteiger partial charge in [0.2, 0.25) is 0 Å². The fourth-order valence-electron chi connectivity index (χ4n) is 1.29. The van der Waals surface area contributed by atoms with E-state index in [1.54, 1.807) is 0 Å². The quantitative estimate of drug-likeness (QED) is 0.502. The van der Waals surface area contributed by atoms with Crippen molar-refractivity contribution < 1.29 is 9.47 Å². The molecule has 0 spiro atoms. The lowest BCUT2D eigenvalue weighted by Crippen LogP contribution is -2.22. The maximum absolute atomic E-state index is 5.49. The van der Waals surface area contributed by atoms with Crippen LogP contribution in [0.5, 0.6) is 0 Å². The minimum absolute atomic E-state index is 0.00168. The monoisotopic (exact) mass is 192 g/mol. The van der Waals surface area contributed by atoms with Crippen molar-refractivity contribution in [3.63, 3.8) is 0 Å². The lowest BCUT2D eigenvalue weighted by molar-refractivity contribution is -0.161. The van der Waals surface area contributed by atoms with Gasteiger partial charge in [0.25, 0.3) is 0 Å². The number of rotatable bonds is 3. The van der Waals surface area contributed by atoms with Crippen LogP contribution in [-0.2, 0) is 9.47 Å². The van der Waals surface area contributed by atoms with E-state index in [2.05, 4.69) is 17.8 Å². The van der Waals surface area contributed by atoms with Crippen molar-refractivity contribution >= 4 is 0 Å². The molecule has 0 amide bonds. The van der Waals surface area contributed by atoms with Crippen LogP contribution in [0.4, 0.5) is 0 Å². The van der Waals surface area contributed by atoms with E-state index in [-0.39, 0.29) is 6.29 Å². The zero-order valence-corrected chi connectivity index (χ0v) is 8.42. The average Bonchev–Trinajstić information content (AvgIpc) is 2.25. The van der Waals surface area contributed by atoms with Gasteiger partial charge in [-0.15, -0.1) is 6.42 Å². The summed E-state index contributed by atoms with van der Waals surface area (Å²) in [6.07, 6.45) is 9.69. The van der Waals surface area contributed by atoms with E-state index in [1.165, 1.54) is 6.42 Å². The fraction of sp³-hybridized carbons (Fsp3) is 0.667. The molecule has 1 rings (SSSR count). The smallest absolute Gasteiger partial charge is 0.157 e. The summed E-state index contributed by atoms with van der Waals surface area (Å²) >= 11 is 0. The minimum Gasteiger partial charge on any atom is -0.353 e. The van der Waals surface area contributed by atoms with Crippen LogP contribution in [0.25, 0.3) is 0 Å². The Hall–Kier alpha value is -0.960. The maximum Gasteiger partial charge on any atom is 0.157 e. The van der Waals surface area contributed by atoms with Gasteiger partial charge in [0.05, 0.1) is 13.0 Å². The molecular weight excluding hydrogens is 176 g/mol. The van der Waals surface area contributed by atoms with Gasteiger partial charge in [-0.05, 0) is 19.3 Å². The van der Waals surface area contributed by atoms with Crippen LogP contribution in [0.2, 0.25) is 0 Å². The first-order chi connectivity index (χ1) is 6.93. The van der Waals surface area contributed by atoms with Crippen molar-refractivity contribution in [3.05, 3.63) is 0 Å². The van der Waals surface area contributed by atoms with Crippen LogP contribution >= 0.6 is 0 Å². The van der Waals surface area contributed by atoms with Crippen LogP contribution in [0, 0.1) is 24.2 Å². The van der Waals surface area contributed by atoms with Gasteiger partial charge < -0.3 is 9.47 Å². The van der Waals surface area contributed by atoms with E-state index in [9.17, 15) is 0 Å². The van der Waals surface area contributed by atoms with E-state index in [0.29, 0.717) is 13.0 Å². The highest BCUT2D eigenvalue weighted by Gasteiger charge is 2.12. The Kier molecular flexibility index (Phi) is 5.91. The molecule has 1 aliphatic rings. The highest BCUT2D eigenvalue weighted by molar-refractivity contribution is 5.07. The van der Waals surface area contributed by atoms with Gasteiger partial charge in [0, 0.05) is 13.0 Å². The van der Waals surface area contributed by atoms with Gasteiger partial charge in [0.15, 0.2) is 6.29 Å². The lowest BCUT2D eigenvalue weighted by Gasteiger charge is -2.22. The van der Waals surface area contributed by atoms with Crippen LogP contribution in [0.3, 0.4) is 0 Å². The van der Waals surface area contributed by atoms with E-state index < -0.39 is 0 Å². The zero-order chi connectivity index (χ0) is 10.1. The third-order valence-electron chi connectivity index (χ3n) is 1.98. The number of terminal acetylenes is 1. The Morgan fingerprint density at radius 1 is 1.36 bits per heavy atom. The normalized spacial score (nSPS) is 20.6. The highest BCUT2D eigenvalue weighted by Crippen LogP contribution is 2.13. The molecule has 1 fully saturated rings. The van der Waals surface area contributed by atoms with Crippen molar-refractivity contribution in [2.75, 3.05) is 13.2 Å². The second kappa shape index (κ2) is 7.44. The van der Waals surface area contributed by atoms with Gasteiger partial charge in [-0.1, -0.05) is 17.8 Å². The SMILES string of the molecule is C#CCC#CCCOC1CCCCO1. The summed E-state index contributed by atoms with van der Waals surface area (Å²) in [4.78, 5) is 0. The summed E-state index contributed by atoms with van der Waals surface area (Å²) in [6.45, 7) is 1.47. The Morgan fingerprint density at radius 2 is 2.29 bits per heavy atom. The van der Waals surface area contributed by atoms with Crippen LogP contribution in [0.1, 0.15) is 32.1 Å². The molecule has 2 nitrogen and oxygen atoms in total. The number of hydrogen-bond acceptors (Lipinski definition) is 2. The summed E-state index contributed by atoms with van der Waals surface area (Å²) in [5.74, 6) is 8.29. The van der Waals surface area contributed by atoms with Crippen molar-refractivity contribution in [3.8, 4) is 24.2 Å². The largest absolute Gasteiger partial charge is 0.353 e. The average molecular weight is 192 g/mol. The predicted molar refractivity (Wildman–Crippen MR) is 55.4 cm³/mol. The molecule has 1 heterocycles. The first-order valence-corrected chi connectivity index (χ1v) is 5.06. The molecule has 0 radical (unpaired) electrons. The molecule has 1 aliphatic heterocycles. The molecular formula is C12H16O2. The number of ether oxygens (including phenoxy) is 2. The van der Waals surface area contributed by atoms with Gasteiger partial charge in [-0.25, -0.2) is 0 Å². The van der Waals surface area contributed by atoms with Gasteiger partial charge in [0.1, 0.15) is 0 Å². The Balaban J connectivity index is 1.98. The second-order valence-corrected chi connectivity index (χ2v) is 3.15. The summed E-state index contributed by atoms with van der Waals surface area (Å²) in [5.41, 5.74) is 0. The molecule has 0 saturated carbocycles. The van der Waals surface area contributed by atoms with E-state index >= 15 is 0 Å². The van der Waals surface area contributed by atoms with Crippen molar-refractivity contribution in [1.82, 2.24) is 0 Å². The van der Waals surface area contributed by atoms with E-state index in [1.807, 2.05) is 0 Å². The molecule has 0 N–H and O–H groups in total. The molecule has 0 aromatic heterocycles. The molecule has 2 heteroatoms. The molecule has 1 atom stereocenters.